The van der Waals surface area contributed by atoms with Crippen LogP contribution in [-0.4, -0.2) is 20.5 Å². The van der Waals surface area contributed by atoms with E-state index in [0.29, 0.717) is 4.90 Å². The quantitative estimate of drug-likeness (QED) is 0.845. The van der Waals surface area contributed by atoms with Crippen LogP contribution < -0.4 is 10.5 Å². The van der Waals surface area contributed by atoms with Gasteiger partial charge >= 0.3 is 0 Å². The zero-order valence-electron chi connectivity index (χ0n) is 12.3. The molecule has 2 rings (SSSR count). The first-order valence-corrected chi connectivity index (χ1v) is 8.68. The van der Waals surface area contributed by atoms with Crippen LogP contribution in [0.1, 0.15) is 45.1 Å². The predicted molar refractivity (Wildman–Crippen MR) is 81.0 cm³/mol. The van der Waals surface area contributed by atoms with Crippen LogP contribution in [0.15, 0.2) is 29.2 Å². The van der Waals surface area contributed by atoms with Crippen molar-refractivity contribution < 1.29 is 8.42 Å². The number of hydrogen-bond acceptors (Lipinski definition) is 3. The van der Waals surface area contributed by atoms with E-state index in [1.807, 2.05) is 19.1 Å². The van der Waals surface area contributed by atoms with E-state index in [4.69, 9.17) is 5.73 Å². The molecule has 0 heterocycles. The largest absolute Gasteiger partial charge is 0.327 e. The van der Waals surface area contributed by atoms with Gasteiger partial charge in [0.05, 0.1) is 4.90 Å². The fourth-order valence-electron chi connectivity index (χ4n) is 2.73. The van der Waals surface area contributed by atoms with E-state index in [0.717, 1.165) is 18.4 Å². The maximum atomic E-state index is 12.5. The molecule has 5 heteroatoms. The van der Waals surface area contributed by atoms with Crippen molar-refractivity contribution in [3.8, 4) is 0 Å². The number of nitrogens with one attached hydrogen (secondary N) is 1. The molecule has 1 aliphatic rings. The summed E-state index contributed by atoms with van der Waals surface area (Å²) in [6.45, 7) is 6.08. The highest BCUT2D eigenvalue weighted by atomic mass is 32.2. The number of sulfonamides is 1. The summed E-state index contributed by atoms with van der Waals surface area (Å²) in [6.07, 6.45) is 1.87. The van der Waals surface area contributed by atoms with E-state index >= 15 is 0 Å². The minimum absolute atomic E-state index is 0.0296. The van der Waals surface area contributed by atoms with Crippen molar-refractivity contribution in [2.75, 3.05) is 0 Å². The van der Waals surface area contributed by atoms with Gasteiger partial charge in [-0.25, -0.2) is 13.1 Å². The molecule has 2 atom stereocenters. The minimum atomic E-state index is -3.45. The molecule has 1 aromatic carbocycles. The van der Waals surface area contributed by atoms with Gasteiger partial charge in [-0.05, 0) is 37.3 Å². The molecule has 4 nitrogen and oxygen atoms in total. The second-order valence-corrected chi connectivity index (χ2v) is 7.74. The van der Waals surface area contributed by atoms with Crippen LogP contribution in [0.5, 0.6) is 0 Å². The Kier molecular flexibility index (Phi) is 4.52. The van der Waals surface area contributed by atoms with E-state index in [1.54, 1.807) is 12.1 Å². The molecule has 1 saturated carbocycles. The zero-order valence-corrected chi connectivity index (χ0v) is 13.2. The lowest BCUT2D eigenvalue weighted by atomic mass is 9.83. The van der Waals surface area contributed by atoms with E-state index in [9.17, 15) is 8.42 Å². The first-order valence-electron chi connectivity index (χ1n) is 7.19. The normalized spacial score (nSPS) is 19.1. The molecule has 0 saturated heterocycles. The van der Waals surface area contributed by atoms with Gasteiger partial charge in [0, 0.05) is 18.0 Å². The molecule has 1 aromatic rings. The highest BCUT2D eigenvalue weighted by Crippen LogP contribution is 2.32. The van der Waals surface area contributed by atoms with Crippen LogP contribution >= 0.6 is 0 Å². The van der Waals surface area contributed by atoms with E-state index in [1.165, 1.54) is 0 Å². The Labute approximate surface area is 121 Å². The Morgan fingerprint density at radius 1 is 1.20 bits per heavy atom. The maximum absolute atomic E-state index is 12.5. The van der Waals surface area contributed by atoms with Crippen molar-refractivity contribution in [3.05, 3.63) is 29.8 Å². The SMILES string of the molecule is CC(C)C(c1ccccc1S(=O)(=O)NC1CC1)C(C)N. The molecular formula is C15H24N2O2S. The summed E-state index contributed by atoms with van der Waals surface area (Å²) in [5.41, 5.74) is 6.90. The Morgan fingerprint density at radius 2 is 1.80 bits per heavy atom. The summed E-state index contributed by atoms with van der Waals surface area (Å²) < 4.78 is 27.8. The number of benzene rings is 1. The first kappa shape index (κ1) is 15.5. The number of hydrogen-bond donors (Lipinski definition) is 2. The molecule has 0 aromatic heterocycles. The zero-order chi connectivity index (χ0) is 14.9. The summed E-state index contributed by atoms with van der Waals surface area (Å²) in [5.74, 6) is 0.314. The standard InChI is InChI=1S/C15H24N2O2S/c1-10(2)15(11(3)16)13-6-4-5-7-14(13)20(18,19)17-12-8-9-12/h4-7,10-12,15,17H,8-9,16H2,1-3H3. The molecule has 0 amide bonds. The van der Waals surface area contributed by atoms with Crippen LogP contribution in [0.4, 0.5) is 0 Å². The topological polar surface area (TPSA) is 72.2 Å². The average Bonchev–Trinajstić information content (AvgIpc) is 3.11. The second-order valence-electron chi connectivity index (χ2n) is 6.06. The smallest absolute Gasteiger partial charge is 0.241 e. The third-order valence-electron chi connectivity index (χ3n) is 3.75. The van der Waals surface area contributed by atoms with Crippen molar-refractivity contribution in [3.63, 3.8) is 0 Å². The van der Waals surface area contributed by atoms with E-state index in [2.05, 4.69) is 18.6 Å². The molecule has 1 aliphatic carbocycles. The van der Waals surface area contributed by atoms with E-state index < -0.39 is 10.0 Å². The van der Waals surface area contributed by atoms with Gasteiger partial charge in [0.15, 0.2) is 0 Å². The van der Waals surface area contributed by atoms with Gasteiger partial charge in [-0.15, -0.1) is 0 Å². The highest BCUT2D eigenvalue weighted by molar-refractivity contribution is 7.89. The number of rotatable bonds is 6. The summed E-state index contributed by atoms with van der Waals surface area (Å²) >= 11 is 0. The van der Waals surface area contributed by atoms with Gasteiger partial charge in [0.2, 0.25) is 10.0 Å². The third kappa shape index (κ3) is 3.40. The summed E-state index contributed by atoms with van der Waals surface area (Å²) in [4.78, 5) is 0.378. The van der Waals surface area contributed by atoms with Gasteiger partial charge in [-0.3, -0.25) is 0 Å². The molecule has 0 spiro atoms. The number of nitrogens with two attached hydrogens (primary N) is 1. The molecule has 0 radical (unpaired) electrons. The fraction of sp³-hybridized carbons (Fsp3) is 0.600. The molecule has 0 aliphatic heterocycles. The van der Waals surface area contributed by atoms with Crippen molar-refractivity contribution in [1.29, 1.82) is 0 Å². The molecule has 112 valence electrons. The van der Waals surface area contributed by atoms with Crippen molar-refractivity contribution in [1.82, 2.24) is 4.72 Å². The van der Waals surface area contributed by atoms with Crippen molar-refractivity contribution in [2.45, 2.75) is 56.5 Å². The Hall–Kier alpha value is -0.910. The van der Waals surface area contributed by atoms with Crippen LogP contribution in [0, 0.1) is 5.92 Å². The van der Waals surface area contributed by atoms with Gasteiger partial charge < -0.3 is 5.73 Å². The summed E-state index contributed by atoms with van der Waals surface area (Å²) in [5, 5.41) is 0. The fourth-order valence-corrected chi connectivity index (χ4v) is 4.31. The Morgan fingerprint density at radius 3 is 2.30 bits per heavy atom. The molecule has 2 unspecified atom stereocenters. The van der Waals surface area contributed by atoms with Gasteiger partial charge in [0.25, 0.3) is 0 Å². The Balaban J connectivity index is 2.43. The third-order valence-corrected chi connectivity index (χ3v) is 5.35. The highest BCUT2D eigenvalue weighted by Gasteiger charge is 2.32. The minimum Gasteiger partial charge on any atom is -0.327 e. The average molecular weight is 296 g/mol. The molecule has 3 N–H and O–H groups in total. The maximum Gasteiger partial charge on any atom is 0.241 e. The van der Waals surface area contributed by atoms with Crippen molar-refractivity contribution >= 4 is 10.0 Å². The van der Waals surface area contributed by atoms with Crippen LogP contribution in [-0.2, 0) is 10.0 Å². The van der Waals surface area contributed by atoms with Gasteiger partial charge in [0.1, 0.15) is 0 Å². The van der Waals surface area contributed by atoms with Gasteiger partial charge in [-0.1, -0.05) is 32.0 Å². The molecule has 0 bridgehead atoms. The first-order chi connectivity index (χ1) is 9.33. The predicted octanol–water partition coefficient (Wildman–Crippen LogP) is 2.21. The molecular weight excluding hydrogens is 272 g/mol. The van der Waals surface area contributed by atoms with Crippen LogP contribution in [0.25, 0.3) is 0 Å². The lowest BCUT2D eigenvalue weighted by Gasteiger charge is -2.27. The van der Waals surface area contributed by atoms with E-state index in [-0.39, 0.29) is 23.9 Å². The molecule has 20 heavy (non-hydrogen) atoms. The lowest BCUT2D eigenvalue weighted by molar-refractivity contribution is 0.429. The Bertz CT molecular complexity index is 555. The van der Waals surface area contributed by atoms with Gasteiger partial charge in [-0.2, -0.15) is 0 Å². The molecule has 1 fully saturated rings. The van der Waals surface area contributed by atoms with Crippen molar-refractivity contribution in [2.24, 2.45) is 11.7 Å². The van der Waals surface area contributed by atoms with Crippen LogP contribution in [0.3, 0.4) is 0 Å². The summed E-state index contributed by atoms with van der Waals surface area (Å²) in [6, 6.07) is 7.23. The summed E-state index contributed by atoms with van der Waals surface area (Å²) in [7, 11) is -3.45. The van der Waals surface area contributed by atoms with Crippen LogP contribution in [0.2, 0.25) is 0 Å². The second kappa shape index (κ2) is 5.84. The lowest BCUT2D eigenvalue weighted by Crippen LogP contribution is -2.32. The monoisotopic (exact) mass is 296 g/mol.